The van der Waals surface area contributed by atoms with Crippen LogP contribution in [0.5, 0.6) is 5.75 Å². The van der Waals surface area contributed by atoms with Crippen molar-refractivity contribution in [3.8, 4) is 5.75 Å². The molecule has 0 saturated heterocycles. The fourth-order valence-electron chi connectivity index (χ4n) is 1.45. The molecule has 0 aromatic heterocycles. The van der Waals surface area contributed by atoms with Crippen LogP contribution in [0, 0.1) is 10.1 Å². The van der Waals surface area contributed by atoms with Gasteiger partial charge in [-0.3, -0.25) is 10.1 Å². The van der Waals surface area contributed by atoms with Crippen LogP contribution in [0.1, 0.15) is 26.7 Å². The van der Waals surface area contributed by atoms with Crippen LogP contribution in [0.25, 0.3) is 0 Å². The number of para-hydroxylation sites is 1. The average molecular weight is 244 g/mol. The van der Waals surface area contributed by atoms with Gasteiger partial charge in [0, 0.05) is 0 Å². The maximum atomic E-state index is 10.8. The normalized spacial score (nSPS) is 12.2. The van der Waals surface area contributed by atoms with Crippen molar-refractivity contribution in [1.82, 2.24) is 0 Å². The van der Waals surface area contributed by atoms with Crippen LogP contribution in [-0.4, -0.2) is 11.0 Å². The Hall–Kier alpha value is -1.29. The summed E-state index contributed by atoms with van der Waals surface area (Å²) in [5, 5.41) is 10.9. The Labute approximate surface area is 99.3 Å². The maximum Gasteiger partial charge on any atom is 0.329 e. The van der Waals surface area contributed by atoms with Crippen LogP contribution in [-0.2, 0) is 0 Å². The van der Waals surface area contributed by atoms with E-state index in [4.69, 9.17) is 16.3 Å². The lowest BCUT2D eigenvalue weighted by atomic mass is 10.2. The van der Waals surface area contributed by atoms with Crippen molar-refractivity contribution in [1.29, 1.82) is 0 Å². The molecule has 0 aliphatic rings. The van der Waals surface area contributed by atoms with Gasteiger partial charge in [0.15, 0.2) is 5.75 Å². The molecular formula is C11H14ClNO3. The lowest BCUT2D eigenvalue weighted by Crippen LogP contribution is -2.12. The summed E-state index contributed by atoms with van der Waals surface area (Å²) in [6.07, 6.45) is 1.77. The van der Waals surface area contributed by atoms with Crippen molar-refractivity contribution < 1.29 is 9.66 Å². The monoisotopic (exact) mass is 243 g/mol. The minimum atomic E-state index is -0.518. The predicted octanol–water partition coefficient (Wildman–Crippen LogP) is 3.82. The van der Waals surface area contributed by atoms with E-state index in [0.29, 0.717) is 0 Å². The standard InChI is InChI=1S/C11H14ClNO3/c1-3-5-8(2)16-10-7-4-6-9(12)11(10)13(14)15/h4,6-8H,3,5H2,1-2H3. The molecule has 1 unspecified atom stereocenters. The third-order valence-electron chi connectivity index (χ3n) is 2.16. The minimum Gasteiger partial charge on any atom is -0.484 e. The van der Waals surface area contributed by atoms with Crippen molar-refractivity contribution in [2.24, 2.45) is 0 Å². The van der Waals surface area contributed by atoms with E-state index in [1.54, 1.807) is 12.1 Å². The highest BCUT2D eigenvalue weighted by Crippen LogP contribution is 2.34. The zero-order valence-corrected chi connectivity index (χ0v) is 10.0. The molecule has 1 atom stereocenters. The van der Waals surface area contributed by atoms with E-state index in [9.17, 15) is 10.1 Å². The Morgan fingerprint density at radius 1 is 1.56 bits per heavy atom. The van der Waals surface area contributed by atoms with Crippen molar-refractivity contribution in [2.75, 3.05) is 0 Å². The molecule has 0 fully saturated rings. The summed E-state index contributed by atoms with van der Waals surface area (Å²) in [6, 6.07) is 4.69. The van der Waals surface area contributed by atoms with Gasteiger partial charge in [-0.1, -0.05) is 31.0 Å². The molecule has 0 radical (unpaired) electrons. The molecule has 0 heterocycles. The Morgan fingerprint density at radius 3 is 2.81 bits per heavy atom. The molecule has 0 aliphatic heterocycles. The van der Waals surface area contributed by atoms with Crippen molar-refractivity contribution >= 4 is 17.3 Å². The number of hydrogen-bond donors (Lipinski definition) is 0. The summed E-state index contributed by atoms with van der Waals surface area (Å²) in [5.74, 6) is 0.235. The topological polar surface area (TPSA) is 52.4 Å². The zero-order chi connectivity index (χ0) is 12.1. The molecule has 0 amide bonds. The van der Waals surface area contributed by atoms with E-state index >= 15 is 0 Å². The zero-order valence-electron chi connectivity index (χ0n) is 9.27. The van der Waals surface area contributed by atoms with Crippen molar-refractivity contribution in [2.45, 2.75) is 32.8 Å². The van der Waals surface area contributed by atoms with Gasteiger partial charge >= 0.3 is 5.69 Å². The van der Waals surface area contributed by atoms with Crippen LogP contribution < -0.4 is 4.74 Å². The first-order valence-corrected chi connectivity index (χ1v) is 5.53. The number of halogens is 1. The second-order valence-corrected chi connectivity index (χ2v) is 3.97. The number of nitrogens with zero attached hydrogens (tertiary/aromatic N) is 1. The van der Waals surface area contributed by atoms with Gasteiger partial charge in [0.25, 0.3) is 0 Å². The number of ether oxygens (including phenoxy) is 1. The van der Waals surface area contributed by atoms with Gasteiger partial charge in [-0.25, -0.2) is 0 Å². The molecule has 4 nitrogen and oxygen atoms in total. The lowest BCUT2D eigenvalue weighted by Gasteiger charge is -2.13. The third-order valence-corrected chi connectivity index (χ3v) is 2.46. The summed E-state index contributed by atoms with van der Waals surface area (Å²) < 4.78 is 5.50. The summed E-state index contributed by atoms with van der Waals surface area (Å²) in [4.78, 5) is 10.3. The van der Waals surface area contributed by atoms with E-state index in [2.05, 4.69) is 0 Å². The van der Waals surface area contributed by atoms with Crippen LogP contribution in [0.15, 0.2) is 18.2 Å². The van der Waals surface area contributed by atoms with Gasteiger partial charge in [-0.05, 0) is 25.5 Å². The van der Waals surface area contributed by atoms with Crippen LogP contribution in [0.2, 0.25) is 5.02 Å². The number of nitro benzene ring substituents is 1. The van der Waals surface area contributed by atoms with Crippen LogP contribution in [0.3, 0.4) is 0 Å². The highest BCUT2D eigenvalue weighted by molar-refractivity contribution is 6.32. The summed E-state index contributed by atoms with van der Waals surface area (Å²) >= 11 is 5.76. The quantitative estimate of drug-likeness (QED) is 0.584. The van der Waals surface area contributed by atoms with Gasteiger partial charge in [-0.15, -0.1) is 0 Å². The smallest absolute Gasteiger partial charge is 0.329 e. The molecule has 5 heteroatoms. The van der Waals surface area contributed by atoms with Crippen molar-refractivity contribution in [3.63, 3.8) is 0 Å². The molecule has 0 spiro atoms. The lowest BCUT2D eigenvalue weighted by molar-refractivity contribution is -0.385. The average Bonchev–Trinajstić information content (AvgIpc) is 2.17. The maximum absolute atomic E-state index is 10.8. The SMILES string of the molecule is CCCC(C)Oc1cccc(Cl)c1[N+](=O)[O-]. The highest BCUT2D eigenvalue weighted by atomic mass is 35.5. The molecular weight excluding hydrogens is 230 g/mol. The molecule has 0 aliphatic carbocycles. The largest absolute Gasteiger partial charge is 0.484 e. The molecule has 88 valence electrons. The molecule has 0 N–H and O–H groups in total. The Kier molecular flexibility index (Phi) is 4.55. The third kappa shape index (κ3) is 3.10. The molecule has 1 aromatic rings. The Morgan fingerprint density at radius 2 is 2.25 bits per heavy atom. The minimum absolute atomic E-state index is 0.0535. The van der Waals surface area contributed by atoms with Gasteiger partial charge in [0.1, 0.15) is 5.02 Å². The second kappa shape index (κ2) is 5.70. The first kappa shape index (κ1) is 12.8. The molecule has 1 aromatic carbocycles. The first-order chi connectivity index (χ1) is 7.56. The van der Waals surface area contributed by atoms with Crippen LogP contribution >= 0.6 is 11.6 Å². The van der Waals surface area contributed by atoms with E-state index in [1.807, 2.05) is 13.8 Å². The first-order valence-electron chi connectivity index (χ1n) is 5.15. The fourth-order valence-corrected chi connectivity index (χ4v) is 1.68. The number of rotatable bonds is 5. The fraction of sp³-hybridized carbons (Fsp3) is 0.455. The van der Waals surface area contributed by atoms with Gasteiger partial charge in [0.05, 0.1) is 11.0 Å². The van der Waals surface area contributed by atoms with Crippen LogP contribution in [0.4, 0.5) is 5.69 Å². The molecule has 0 saturated carbocycles. The van der Waals surface area contributed by atoms with E-state index in [0.717, 1.165) is 12.8 Å². The number of nitro groups is 1. The molecule has 16 heavy (non-hydrogen) atoms. The van der Waals surface area contributed by atoms with Gasteiger partial charge < -0.3 is 4.74 Å². The Balaban J connectivity index is 2.95. The summed E-state index contributed by atoms with van der Waals surface area (Å²) in [6.45, 7) is 3.92. The van der Waals surface area contributed by atoms with Gasteiger partial charge in [0.2, 0.25) is 0 Å². The van der Waals surface area contributed by atoms with E-state index < -0.39 is 4.92 Å². The molecule has 1 rings (SSSR count). The number of hydrogen-bond acceptors (Lipinski definition) is 3. The molecule has 0 bridgehead atoms. The highest BCUT2D eigenvalue weighted by Gasteiger charge is 2.20. The summed E-state index contributed by atoms with van der Waals surface area (Å²) in [5.41, 5.74) is -0.160. The van der Waals surface area contributed by atoms with Gasteiger partial charge in [-0.2, -0.15) is 0 Å². The van der Waals surface area contributed by atoms with E-state index in [-0.39, 0.29) is 22.6 Å². The van der Waals surface area contributed by atoms with E-state index in [1.165, 1.54) is 6.07 Å². The second-order valence-electron chi connectivity index (χ2n) is 3.56. The Bertz CT molecular complexity index is 381. The predicted molar refractivity (Wildman–Crippen MR) is 63.1 cm³/mol. The number of benzene rings is 1. The summed E-state index contributed by atoms with van der Waals surface area (Å²) in [7, 11) is 0. The van der Waals surface area contributed by atoms with Crippen molar-refractivity contribution in [3.05, 3.63) is 33.3 Å².